The van der Waals surface area contributed by atoms with E-state index in [1.54, 1.807) is 0 Å². The van der Waals surface area contributed by atoms with E-state index in [1.165, 1.54) is 30.2 Å². The van der Waals surface area contributed by atoms with Crippen molar-refractivity contribution in [2.24, 2.45) is 5.73 Å². The Labute approximate surface area is 127 Å². The van der Waals surface area contributed by atoms with Gasteiger partial charge in [-0.15, -0.1) is 0 Å². The highest BCUT2D eigenvalue weighted by molar-refractivity contribution is 7.99. The minimum atomic E-state index is 0.0402. The fourth-order valence-corrected chi connectivity index (χ4v) is 3.40. The van der Waals surface area contributed by atoms with Crippen molar-refractivity contribution in [2.45, 2.75) is 49.8 Å². The lowest BCUT2D eigenvalue weighted by atomic mass is 9.95. The molecule has 5 nitrogen and oxygen atoms in total. The maximum Gasteiger partial charge on any atom is 0.262 e. The highest BCUT2D eigenvalue weighted by Gasteiger charge is 2.19. The SMILES string of the molecule is Cc1nc(Sc2nc3c(cc2C(=N)N)CCCC3)oc1C. The fourth-order valence-electron chi connectivity index (χ4n) is 2.46. The number of nitrogen functional groups attached to an aromatic ring is 1. The number of hydrogen-bond acceptors (Lipinski definition) is 5. The first-order chi connectivity index (χ1) is 10.0. The molecule has 2 aromatic rings. The van der Waals surface area contributed by atoms with Crippen LogP contribution < -0.4 is 5.73 Å². The van der Waals surface area contributed by atoms with Crippen LogP contribution in [0.25, 0.3) is 0 Å². The fraction of sp³-hybridized carbons (Fsp3) is 0.400. The molecule has 0 aromatic carbocycles. The van der Waals surface area contributed by atoms with E-state index in [4.69, 9.17) is 20.5 Å². The number of nitrogens with one attached hydrogen (secondary N) is 1. The van der Waals surface area contributed by atoms with Gasteiger partial charge in [0.05, 0.1) is 5.69 Å². The van der Waals surface area contributed by atoms with Crippen LogP contribution in [0.3, 0.4) is 0 Å². The van der Waals surface area contributed by atoms with E-state index in [0.29, 0.717) is 15.8 Å². The third kappa shape index (κ3) is 2.81. The Morgan fingerprint density at radius 3 is 2.71 bits per heavy atom. The van der Waals surface area contributed by atoms with Crippen LogP contribution in [0.15, 0.2) is 20.7 Å². The van der Waals surface area contributed by atoms with Crippen LogP contribution in [0.4, 0.5) is 0 Å². The van der Waals surface area contributed by atoms with Crippen LogP contribution in [-0.4, -0.2) is 15.8 Å². The largest absolute Gasteiger partial charge is 0.436 e. The van der Waals surface area contributed by atoms with Crippen molar-refractivity contribution in [1.82, 2.24) is 9.97 Å². The molecule has 0 aliphatic heterocycles. The Kier molecular flexibility index (Phi) is 3.71. The van der Waals surface area contributed by atoms with Gasteiger partial charge in [0.25, 0.3) is 5.22 Å². The third-order valence-corrected chi connectivity index (χ3v) is 4.60. The summed E-state index contributed by atoms with van der Waals surface area (Å²) < 4.78 is 5.60. The molecule has 0 bridgehead atoms. The number of amidine groups is 1. The molecule has 0 fully saturated rings. The number of aryl methyl sites for hydroxylation is 4. The zero-order valence-electron chi connectivity index (χ0n) is 12.2. The predicted octanol–water partition coefficient (Wildman–Crippen LogP) is 3.00. The molecular weight excluding hydrogens is 284 g/mol. The molecular formula is C15H18N4OS. The van der Waals surface area contributed by atoms with Gasteiger partial charge in [-0.2, -0.15) is 0 Å². The Morgan fingerprint density at radius 2 is 2.05 bits per heavy atom. The molecule has 3 N–H and O–H groups in total. The number of hydrogen-bond donors (Lipinski definition) is 2. The van der Waals surface area contributed by atoms with Crippen LogP contribution in [0.1, 0.15) is 41.1 Å². The number of nitrogens with zero attached hydrogens (tertiary/aromatic N) is 2. The van der Waals surface area contributed by atoms with Crippen molar-refractivity contribution >= 4 is 17.6 Å². The van der Waals surface area contributed by atoms with Gasteiger partial charge < -0.3 is 10.2 Å². The summed E-state index contributed by atoms with van der Waals surface area (Å²) in [6, 6.07) is 2.01. The molecule has 2 heterocycles. The van der Waals surface area contributed by atoms with Crippen molar-refractivity contribution in [3.05, 3.63) is 34.3 Å². The second kappa shape index (κ2) is 5.52. The van der Waals surface area contributed by atoms with E-state index in [2.05, 4.69) is 4.98 Å². The van der Waals surface area contributed by atoms with Crippen molar-refractivity contribution in [2.75, 3.05) is 0 Å². The zero-order chi connectivity index (χ0) is 15.0. The maximum absolute atomic E-state index is 7.78. The van der Waals surface area contributed by atoms with Crippen LogP contribution in [0, 0.1) is 19.3 Å². The smallest absolute Gasteiger partial charge is 0.262 e. The van der Waals surface area contributed by atoms with Crippen molar-refractivity contribution in [1.29, 1.82) is 5.41 Å². The lowest BCUT2D eigenvalue weighted by Gasteiger charge is -2.17. The monoisotopic (exact) mass is 302 g/mol. The number of rotatable bonds is 3. The highest BCUT2D eigenvalue weighted by Crippen LogP contribution is 2.32. The quantitative estimate of drug-likeness (QED) is 0.672. The van der Waals surface area contributed by atoms with Crippen LogP contribution in [0.2, 0.25) is 0 Å². The average molecular weight is 302 g/mol. The summed E-state index contributed by atoms with van der Waals surface area (Å²) in [5.74, 6) is 0.846. The van der Waals surface area contributed by atoms with Crippen molar-refractivity contribution < 1.29 is 4.42 Å². The second-order valence-electron chi connectivity index (χ2n) is 5.29. The molecule has 0 atom stereocenters. The number of pyridine rings is 1. The van der Waals surface area contributed by atoms with Gasteiger partial charge in [-0.25, -0.2) is 9.97 Å². The molecule has 0 radical (unpaired) electrons. The number of fused-ring (bicyclic) bond motifs is 1. The van der Waals surface area contributed by atoms with Gasteiger partial charge in [-0.1, -0.05) is 0 Å². The summed E-state index contributed by atoms with van der Waals surface area (Å²) in [5.41, 5.74) is 9.60. The predicted molar refractivity (Wildman–Crippen MR) is 82.0 cm³/mol. The van der Waals surface area contributed by atoms with E-state index >= 15 is 0 Å². The lowest BCUT2D eigenvalue weighted by molar-refractivity contribution is 0.431. The van der Waals surface area contributed by atoms with E-state index in [1.807, 2.05) is 19.9 Å². The standard InChI is InChI=1S/C15H18N4OS/c1-8-9(2)20-15(18-8)21-14-11(13(16)17)7-10-5-3-4-6-12(10)19-14/h7H,3-6H2,1-2H3,(H3,16,17). The minimum Gasteiger partial charge on any atom is -0.436 e. The van der Waals surface area contributed by atoms with Gasteiger partial charge in [0.15, 0.2) is 0 Å². The van der Waals surface area contributed by atoms with Crippen LogP contribution in [-0.2, 0) is 12.8 Å². The molecule has 0 saturated carbocycles. The summed E-state index contributed by atoms with van der Waals surface area (Å²) in [5, 5.41) is 9.04. The van der Waals surface area contributed by atoms with E-state index in [9.17, 15) is 0 Å². The molecule has 1 aliphatic carbocycles. The minimum absolute atomic E-state index is 0.0402. The third-order valence-electron chi connectivity index (χ3n) is 3.75. The van der Waals surface area contributed by atoms with Gasteiger partial charge >= 0.3 is 0 Å². The molecule has 2 aromatic heterocycles. The molecule has 0 saturated heterocycles. The molecule has 1 aliphatic rings. The molecule has 0 spiro atoms. The second-order valence-corrected chi connectivity index (χ2v) is 6.23. The summed E-state index contributed by atoms with van der Waals surface area (Å²) >= 11 is 1.34. The molecule has 0 unspecified atom stereocenters. The molecule has 0 amide bonds. The molecule has 3 rings (SSSR count). The molecule has 110 valence electrons. The maximum atomic E-state index is 7.78. The zero-order valence-corrected chi connectivity index (χ0v) is 13.0. The van der Waals surface area contributed by atoms with E-state index in [-0.39, 0.29) is 5.84 Å². The number of oxazole rings is 1. The summed E-state index contributed by atoms with van der Waals surface area (Å²) in [4.78, 5) is 9.07. The van der Waals surface area contributed by atoms with Gasteiger partial charge in [0, 0.05) is 11.3 Å². The summed E-state index contributed by atoms with van der Waals surface area (Å²) in [6.07, 6.45) is 4.35. The van der Waals surface area contributed by atoms with Crippen molar-refractivity contribution in [3.8, 4) is 0 Å². The first-order valence-electron chi connectivity index (χ1n) is 7.03. The lowest BCUT2D eigenvalue weighted by Crippen LogP contribution is -2.16. The summed E-state index contributed by atoms with van der Waals surface area (Å²) in [7, 11) is 0. The number of nitrogens with two attached hydrogens (primary N) is 1. The average Bonchev–Trinajstić information content (AvgIpc) is 2.76. The normalized spacial score (nSPS) is 14.0. The Morgan fingerprint density at radius 1 is 1.29 bits per heavy atom. The van der Waals surface area contributed by atoms with Crippen LogP contribution in [0.5, 0.6) is 0 Å². The van der Waals surface area contributed by atoms with Crippen molar-refractivity contribution in [3.63, 3.8) is 0 Å². The van der Waals surface area contributed by atoms with E-state index < -0.39 is 0 Å². The first kappa shape index (κ1) is 14.1. The molecule has 6 heteroatoms. The van der Waals surface area contributed by atoms with Gasteiger partial charge in [-0.3, -0.25) is 5.41 Å². The Hall–Kier alpha value is -1.82. The summed E-state index contributed by atoms with van der Waals surface area (Å²) in [6.45, 7) is 3.80. The van der Waals surface area contributed by atoms with Gasteiger partial charge in [-0.05, 0) is 62.9 Å². The highest BCUT2D eigenvalue weighted by atomic mass is 32.2. The Balaban J connectivity index is 2.01. The van der Waals surface area contributed by atoms with E-state index in [0.717, 1.165) is 30.0 Å². The number of aromatic nitrogens is 2. The first-order valence-corrected chi connectivity index (χ1v) is 7.85. The topological polar surface area (TPSA) is 88.8 Å². The molecule has 21 heavy (non-hydrogen) atoms. The van der Waals surface area contributed by atoms with Crippen LogP contribution >= 0.6 is 11.8 Å². The van der Waals surface area contributed by atoms with Gasteiger partial charge in [0.2, 0.25) is 0 Å². The van der Waals surface area contributed by atoms with Gasteiger partial charge in [0.1, 0.15) is 16.6 Å². The Bertz CT molecular complexity index is 688.